The molecule has 2 aromatic rings. The van der Waals surface area contributed by atoms with Crippen LogP contribution in [0.1, 0.15) is 16.2 Å². The Labute approximate surface area is 96.3 Å². The van der Waals surface area contributed by atoms with Gasteiger partial charge < -0.3 is 9.63 Å². The highest BCUT2D eigenvalue weighted by molar-refractivity contribution is 5.86. The second-order valence-corrected chi connectivity index (χ2v) is 3.02. The molecule has 2 rings (SSSR count). The average Bonchev–Trinajstić information content (AvgIpc) is 2.78. The zero-order valence-electron chi connectivity index (χ0n) is 8.34. The van der Waals surface area contributed by atoms with E-state index in [0.717, 1.165) is 12.4 Å². The largest absolute Gasteiger partial charge is 0.478 e. The molecule has 0 aliphatic carbocycles. The number of carbonyl (C=O) groups is 1. The zero-order valence-corrected chi connectivity index (χ0v) is 8.34. The fourth-order valence-corrected chi connectivity index (χ4v) is 0.983. The van der Waals surface area contributed by atoms with Crippen molar-refractivity contribution in [1.29, 1.82) is 0 Å². The van der Waals surface area contributed by atoms with Crippen LogP contribution in [0.4, 0.5) is 13.2 Å². The van der Waals surface area contributed by atoms with E-state index >= 15 is 0 Å². The van der Waals surface area contributed by atoms with Gasteiger partial charge in [0.1, 0.15) is 0 Å². The summed E-state index contributed by atoms with van der Waals surface area (Å²) in [5.74, 6) is -3.52. The summed E-state index contributed by atoms with van der Waals surface area (Å²) in [6, 6.07) is 0. The lowest BCUT2D eigenvalue weighted by atomic mass is 10.3. The van der Waals surface area contributed by atoms with E-state index in [4.69, 9.17) is 5.11 Å². The fourth-order valence-electron chi connectivity index (χ4n) is 0.983. The van der Waals surface area contributed by atoms with Crippen LogP contribution in [0, 0.1) is 0 Å². The molecule has 0 saturated heterocycles. The van der Waals surface area contributed by atoms with Gasteiger partial charge in [-0.15, -0.1) is 0 Å². The summed E-state index contributed by atoms with van der Waals surface area (Å²) in [7, 11) is 0. The summed E-state index contributed by atoms with van der Waals surface area (Å²) in [4.78, 5) is 20.6. The first-order valence-electron chi connectivity index (χ1n) is 4.34. The first-order chi connectivity index (χ1) is 8.38. The molecule has 2 aromatic heterocycles. The minimum absolute atomic E-state index is 0.210. The molecule has 7 nitrogen and oxygen atoms in total. The Morgan fingerprint density at radius 1 is 1.22 bits per heavy atom. The van der Waals surface area contributed by atoms with E-state index in [1.807, 2.05) is 0 Å². The lowest BCUT2D eigenvalue weighted by Crippen LogP contribution is -2.05. The molecule has 0 bridgehead atoms. The molecule has 0 spiro atoms. The van der Waals surface area contributed by atoms with Crippen molar-refractivity contribution in [2.45, 2.75) is 6.18 Å². The molecule has 0 fully saturated rings. The van der Waals surface area contributed by atoms with Crippen LogP contribution in [0.3, 0.4) is 0 Å². The van der Waals surface area contributed by atoms with E-state index in [0.29, 0.717) is 0 Å². The van der Waals surface area contributed by atoms with Crippen molar-refractivity contribution in [3.63, 3.8) is 0 Å². The van der Waals surface area contributed by atoms with Gasteiger partial charge in [0.2, 0.25) is 11.6 Å². The molecule has 2 heterocycles. The molecule has 1 N–H and O–H groups in total. The van der Waals surface area contributed by atoms with Gasteiger partial charge in [0.05, 0.1) is 5.56 Å². The topological polar surface area (TPSA) is 102 Å². The van der Waals surface area contributed by atoms with Crippen LogP contribution >= 0.6 is 0 Å². The molecule has 10 heteroatoms. The van der Waals surface area contributed by atoms with Crippen molar-refractivity contribution in [3.05, 3.63) is 23.8 Å². The Morgan fingerprint density at radius 3 is 2.28 bits per heavy atom. The number of aromatic carboxylic acids is 1. The van der Waals surface area contributed by atoms with Gasteiger partial charge in [-0.3, -0.25) is 0 Å². The summed E-state index contributed by atoms with van der Waals surface area (Å²) in [6.07, 6.45) is -2.91. The van der Waals surface area contributed by atoms with Crippen LogP contribution < -0.4 is 0 Å². The quantitative estimate of drug-likeness (QED) is 0.866. The molecule has 0 aliphatic heterocycles. The summed E-state index contributed by atoms with van der Waals surface area (Å²) >= 11 is 0. The standard InChI is InChI=1S/C8H3F3N4O3/c9-8(10,11)7-14-5(15-18-7)4-12-1-3(2-13-4)6(16)17/h1-2H,(H,16,17). The van der Waals surface area contributed by atoms with Gasteiger partial charge in [-0.05, 0) is 0 Å². The fraction of sp³-hybridized carbons (Fsp3) is 0.125. The van der Waals surface area contributed by atoms with Gasteiger partial charge in [-0.25, -0.2) is 14.8 Å². The molecule has 0 aliphatic rings. The Kier molecular flexibility index (Phi) is 2.69. The first kappa shape index (κ1) is 12.0. The highest BCUT2D eigenvalue weighted by atomic mass is 19.4. The van der Waals surface area contributed by atoms with Gasteiger partial charge in [0.25, 0.3) is 0 Å². The van der Waals surface area contributed by atoms with E-state index in [1.54, 1.807) is 0 Å². The molecule has 0 atom stereocenters. The highest BCUT2D eigenvalue weighted by Gasteiger charge is 2.38. The maximum atomic E-state index is 12.2. The SMILES string of the molecule is O=C(O)c1cnc(-c2noc(C(F)(F)F)n2)nc1. The van der Waals surface area contributed by atoms with Crippen LogP contribution in [0.25, 0.3) is 11.6 Å². The number of carboxylic acids is 1. The molecular weight excluding hydrogens is 257 g/mol. The Hall–Kier alpha value is -2.52. The molecule has 18 heavy (non-hydrogen) atoms. The number of nitrogens with zero attached hydrogens (tertiary/aromatic N) is 4. The molecule has 0 radical (unpaired) electrons. The number of hydrogen-bond donors (Lipinski definition) is 1. The maximum absolute atomic E-state index is 12.2. The third-order valence-corrected chi connectivity index (χ3v) is 1.77. The molecule has 94 valence electrons. The lowest BCUT2D eigenvalue weighted by Gasteiger charge is -1.96. The third-order valence-electron chi connectivity index (χ3n) is 1.77. The van der Waals surface area contributed by atoms with Crippen LogP contribution in [0.5, 0.6) is 0 Å². The second-order valence-electron chi connectivity index (χ2n) is 3.02. The smallest absolute Gasteiger partial charge is 0.471 e. The maximum Gasteiger partial charge on any atom is 0.471 e. The molecule has 0 unspecified atom stereocenters. The van der Waals surface area contributed by atoms with Crippen molar-refractivity contribution in [1.82, 2.24) is 20.1 Å². The van der Waals surface area contributed by atoms with E-state index < -0.39 is 23.9 Å². The minimum Gasteiger partial charge on any atom is -0.478 e. The Bertz CT molecular complexity index is 578. The van der Waals surface area contributed by atoms with Crippen molar-refractivity contribution < 1.29 is 27.6 Å². The van der Waals surface area contributed by atoms with Crippen molar-refractivity contribution in [2.75, 3.05) is 0 Å². The predicted octanol–water partition coefficient (Wildman–Crippen LogP) is 1.24. The number of hydrogen-bond acceptors (Lipinski definition) is 6. The summed E-state index contributed by atoms with van der Waals surface area (Å²) in [5, 5.41) is 11.6. The first-order valence-corrected chi connectivity index (χ1v) is 4.34. The van der Waals surface area contributed by atoms with Crippen LogP contribution in [-0.2, 0) is 6.18 Å². The lowest BCUT2D eigenvalue weighted by molar-refractivity contribution is -0.159. The van der Waals surface area contributed by atoms with Crippen LogP contribution in [0.2, 0.25) is 0 Å². The molecule has 0 amide bonds. The second kappa shape index (κ2) is 4.05. The molecule has 0 aromatic carbocycles. The minimum atomic E-state index is -4.76. The summed E-state index contributed by atoms with van der Waals surface area (Å²) in [5.41, 5.74) is -0.210. The third kappa shape index (κ3) is 2.26. The van der Waals surface area contributed by atoms with Gasteiger partial charge in [-0.2, -0.15) is 18.2 Å². The Balaban J connectivity index is 2.32. The van der Waals surface area contributed by atoms with E-state index in [9.17, 15) is 18.0 Å². The van der Waals surface area contributed by atoms with Crippen molar-refractivity contribution in [3.8, 4) is 11.6 Å². The van der Waals surface area contributed by atoms with Crippen molar-refractivity contribution in [2.24, 2.45) is 0 Å². The van der Waals surface area contributed by atoms with E-state index in [2.05, 4.69) is 24.6 Å². The number of rotatable bonds is 2. The van der Waals surface area contributed by atoms with Gasteiger partial charge in [-0.1, -0.05) is 5.16 Å². The Morgan fingerprint density at radius 2 is 1.83 bits per heavy atom. The number of alkyl halides is 3. The molecular formula is C8H3F3N4O3. The van der Waals surface area contributed by atoms with Gasteiger partial charge in [0, 0.05) is 12.4 Å². The average molecular weight is 260 g/mol. The monoisotopic (exact) mass is 260 g/mol. The summed E-state index contributed by atoms with van der Waals surface area (Å²) in [6.45, 7) is 0. The van der Waals surface area contributed by atoms with E-state index in [-0.39, 0.29) is 11.4 Å². The number of aromatic nitrogens is 4. The van der Waals surface area contributed by atoms with Crippen LogP contribution in [0.15, 0.2) is 16.9 Å². The number of halogens is 3. The van der Waals surface area contributed by atoms with E-state index in [1.165, 1.54) is 0 Å². The van der Waals surface area contributed by atoms with Gasteiger partial charge in [0.15, 0.2) is 0 Å². The zero-order chi connectivity index (χ0) is 13.3. The van der Waals surface area contributed by atoms with Crippen molar-refractivity contribution >= 4 is 5.97 Å². The predicted molar refractivity (Wildman–Crippen MR) is 47.3 cm³/mol. The highest BCUT2D eigenvalue weighted by Crippen LogP contribution is 2.28. The van der Waals surface area contributed by atoms with Gasteiger partial charge >= 0.3 is 18.0 Å². The summed E-state index contributed by atoms with van der Waals surface area (Å²) < 4.78 is 40.5. The number of carboxylic acid groups (broad SMARTS) is 1. The van der Waals surface area contributed by atoms with Crippen LogP contribution in [-0.4, -0.2) is 31.2 Å². The normalized spacial score (nSPS) is 11.5. The molecule has 0 saturated carbocycles.